The Kier molecular flexibility index (Phi) is 6.90. The minimum Gasteiger partial charge on any atom is -0.465 e. The largest absolute Gasteiger partial charge is 0.465 e. The average molecular weight is 363 g/mol. The van der Waals surface area contributed by atoms with E-state index >= 15 is 0 Å². The first kappa shape index (κ1) is 20.2. The average Bonchev–Trinajstić information content (AvgIpc) is 2.50. The Morgan fingerprint density at radius 2 is 1.52 bits per heavy atom. The number of esters is 2. The van der Waals surface area contributed by atoms with Crippen LogP contribution in [0.3, 0.4) is 0 Å². The van der Waals surface area contributed by atoms with Crippen LogP contribution in [0.4, 0.5) is 0 Å². The van der Waals surface area contributed by atoms with Crippen molar-refractivity contribution in [3.05, 3.63) is 41.5 Å². The molecule has 9 heteroatoms. The summed E-state index contributed by atoms with van der Waals surface area (Å²) in [6, 6.07) is 6.53. The van der Waals surface area contributed by atoms with Crippen LogP contribution in [0.2, 0.25) is 0 Å². The van der Waals surface area contributed by atoms with Gasteiger partial charge in [-0.2, -0.15) is 8.42 Å². The van der Waals surface area contributed by atoms with Gasteiger partial charge in [-0.1, -0.05) is 6.07 Å². The van der Waals surface area contributed by atoms with E-state index in [1.165, 1.54) is 31.4 Å². The van der Waals surface area contributed by atoms with Crippen molar-refractivity contribution in [2.24, 2.45) is 0 Å². The van der Waals surface area contributed by atoms with E-state index in [2.05, 4.69) is 9.47 Å². The second-order valence-electron chi connectivity index (χ2n) is 4.37. The Hall–Kier alpha value is -0.814. The van der Waals surface area contributed by atoms with Crippen molar-refractivity contribution in [1.29, 1.82) is 0 Å². The van der Waals surface area contributed by atoms with Crippen LogP contribution in [0.1, 0.15) is 20.7 Å². The van der Waals surface area contributed by atoms with E-state index in [0.29, 0.717) is 5.39 Å². The van der Waals surface area contributed by atoms with E-state index in [1.54, 1.807) is 0 Å². The van der Waals surface area contributed by atoms with Crippen LogP contribution >= 0.6 is 0 Å². The molecule has 2 aromatic rings. The molecule has 0 heterocycles. The van der Waals surface area contributed by atoms with Gasteiger partial charge in [-0.05, 0) is 29.7 Å². The quantitative estimate of drug-likeness (QED) is 0.497. The van der Waals surface area contributed by atoms with Gasteiger partial charge in [-0.3, -0.25) is 4.55 Å². The third-order valence-corrected chi connectivity index (χ3v) is 3.93. The van der Waals surface area contributed by atoms with Crippen LogP contribution in [0, 0.1) is 0 Å². The van der Waals surface area contributed by atoms with E-state index in [9.17, 15) is 22.6 Å². The Labute approximate surface area is 175 Å². The summed E-state index contributed by atoms with van der Waals surface area (Å²) in [5, 5.41) is 0.446. The maximum Gasteiger partial charge on any atom is 0.337 e. The van der Waals surface area contributed by atoms with Crippen LogP contribution in [0.25, 0.3) is 10.8 Å². The number of ether oxygens (including phenoxy) is 2. The molecule has 7 nitrogen and oxygen atoms in total. The Balaban J connectivity index is 0.00000264. The molecular weight excluding hydrogens is 351 g/mol. The van der Waals surface area contributed by atoms with Crippen LogP contribution in [0.5, 0.6) is 0 Å². The molecular formula is C14H12KO7S. The summed E-state index contributed by atoms with van der Waals surface area (Å²) in [5.74, 6) is -1.40. The molecule has 23 heavy (non-hydrogen) atoms. The van der Waals surface area contributed by atoms with Crippen LogP contribution < -0.4 is 0 Å². The van der Waals surface area contributed by atoms with Crippen molar-refractivity contribution in [1.82, 2.24) is 0 Å². The predicted octanol–water partition coefficient (Wildman–Crippen LogP) is 1.28. The molecule has 2 aromatic carbocycles. The zero-order valence-electron chi connectivity index (χ0n) is 12.7. The second kappa shape index (κ2) is 7.84. The van der Waals surface area contributed by atoms with Crippen molar-refractivity contribution in [3.63, 3.8) is 0 Å². The van der Waals surface area contributed by atoms with E-state index in [-0.39, 0.29) is 67.9 Å². The summed E-state index contributed by atoms with van der Waals surface area (Å²) >= 11 is 0. The molecule has 0 bridgehead atoms. The number of hydrogen-bond donors (Lipinski definition) is 1. The van der Waals surface area contributed by atoms with Gasteiger partial charge in [0, 0.05) is 56.8 Å². The molecule has 0 saturated heterocycles. The topological polar surface area (TPSA) is 107 Å². The van der Waals surface area contributed by atoms with Gasteiger partial charge in [0.05, 0.1) is 25.3 Å². The first-order valence-corrected chi connectivity index (χ1v) is 7.44. The molecule has 1 radical (unpaired) electrons. The third-order valence-electron chi connectivity index (χ3n) is 3.04. The maximum atomic E-state index is 11.6. The summed E-state index contributed by atoms with van der Waals surface area (Å²) < 4.78 is 41.6. The van der Waals surface area contributed by atoms with E-state index in [4.69, 9.17) is 0 Å². The minimum absolute atomic E-state index is 0. The molecule has 0 spiro atoms. The fourth-order valence-electron chi connectivity index (χ4n) is 2.02. The molecule has 0 fully saturated rings. The molecule has 0 atom stereocenters. The van der Waals surface area contributed by atoms with Crippen LogP contribution in [-0.2, 0) is 19.6 Å². The number of rotatable bonds is 3. The molecule has 117 valence electrons. The Morgan fingerprint density at radius 3 is 2.04 bits per heavy atom. The standard InChI is InChI=1S/C14H12O7S.K/c1-20-13(15)9-4-3-8-5-10(14(16)21-2)7-12(11(8)6-9)22(17,18)19;/h3-7H,1-2H3,(H,17,18,19);. The van der Waals surface area contributed by atoms with Crippen molar-refractivity contribution in [3.8, 4) is 0 Å². The van der Waals surface area contributed by atoms with Gasteiger partial charge < -0.3 is 9.47 Å². The summed E-state index contributed by atoms with van der Waals surface area (Å²) in [6.45, 7) is 0. The zero-order chi connectivity index (χ0) is 16.5. The van der Waals surface area contributed by atoms with Gasteiger partial charge >= 0.3 is 11.9 Å². The number of fused-ring (bicyclic) bond motifs is 1. The number of benzene rings is 2. The van der Waals surface area contributed by atoms with Crippen molar-refractivity contribution >= 4 is 84.2 Å². The summed E-state index contributed by atoms with van der Waals surface area (Å²) in [5.41, 5.74) is 0.0826. The van der Waals surface area contributed by atoms with Gasteiger partial charge in [-0.15, -0.1) is 0 Å². The molecule has 0 aliphatic rings. The zero-order valence-corrected chi connectivity index (χ0v) is 16.6. The Bertz CT molecular complexity index is 874. The molecule has 0 aliphatic carbocycles. The maximum absolute atomic E-state index is 11.6. The predicted molar refractivity (Wildman–Crippen MR) is 82.2 cm³/mol. The van der Waals surface area contributed by atoms with Crippen LogP contribution in [-0.4, -0.2) is 90.5 Å². The normalized spacial score (nSPS) is 10.7. The SMILES string of the molecule is COC(=O)c1cc(S(=O)(=O)O)c2cc(C(=O)OC)ccc2c1.[K]. The van der Waals surface area contributed by atoms with E-state index in [0.717, 1.165) is 13.2 Å². The van der Waals surface area contributed by atoms with Crippen molar-refractivity contribution < 1.29 is 32.0 Å². The number of methoxy groups -OCH3 is 2. The number of carbonyl (C=O) groups is 2. The fraction of sp³-hybridized carbons (Fsp3) is 0.143. The van der Waals surface area contributed by atoms with E-state index in [1.807, 2.05) is 0 Å². The summed E-state index contributed by atoms with van der Waals surface area (Å²) in [6.07, 6.45) is 0. The van der Waals surface area contributed by atoms with Crippen LogP contribution in [0.15, 0.2) is 35.2 Å². The second-order valence-corrected chi connectivity index (χ2v) is 5.76. The van der Waals surface area contributed by atoms with Gasteiger partial charge in [0.25, 0.3) is 10.1 Å². The van der Waals surface area contributed by atoms with Crippen molar-refractivity contribution in [2.45, 2.75) is 4.90 Å². The molecule has 0 unspecified atom stereocenters. The summed E-state index contributed by atoms with van der Waals surface area (Å²) in [7, 11) is -2.26. The first-order chi connectivity index (χ1) is 10.3. The molecule has 2 rings (SSSR count). The molecule has 0 aliphatic heterocycles. The van der Waals surface area contributed by atoms with Crippen molar-refractivity contribution in [2.75, 3.05) is 14.2 Å². The van der Waals surface area contributed by atoms with Gasteiger partial charge in [0.1, 0.15) is 4.90 Å². The monoisotopic (exact) mass is 363 g/mol. The third kappa shape index (κ3) is 4.38. The smallest absolute Gasteiger partial charge is 0.337 e. The number of carbonyl (C=O) groups excluding carboxylic acids is 2. The van der Waals surface area contributed by atoms with Gasteiger partial charge in [0.15, 0.2) is 0 Å². The summed E-state index contributed by atoms with van der Waals surface area (Å²) in [4.78, 5) is 22.6. The molecule has 0 saturated carbocycles. The Morgan fingerprint density at radius 1 is 0.957 bits per heavy atom. The molecule has 0 aromatic heterocycles. The van der Waals surface area contributed by atoms with Gasteiger partial charge in [0.2, 0.25) is 0 Å². The first-order valence-electron chi connectivity index (χ1n) is 6.00. The fourth-order valence-corrected chi connectivity index (χ4v) is 2.75. The minimum atomic E-state index is -4.60. The molecule has 1 N–H and O–H groups in total. The van der Waals surface area contributed by atoms with Gasteiger partial charge in [-0.25, -0.2) is 9.59 Å². The number of hydrogen-bond acceptors (Lipinski definition) is 6. The molecule has 0 amide bonds. The van der Waals surface area contributed by atoms with E-state index < -0.39 is 27.0 Å².